The summed E-state index contributed by atoms with van der Waals surface area (Å²) < 4.78 is 0. The fraction of sp³-hybridized carbons (Fsp3) is 0.917. The van der Waals surface area contributed by atoms with Crippen LogP contribution in [-0.4, -0.2) is 36.0 Å². The van der Waals surface area contributed by atoms with Crippen LogP contribution in [0, 0.1) is 5.92 Å². The molecule has 0 bridgehead atoms. The zero-order chi connectivity index (χ0) is 10.3. The third-order valence-electron chi connectivity index (χ3n) is 4.40. The van der Waals surface area contributed by atoms with Gasteiger partial charge in [-0.15, -0.1) is 12.4 Å². The standard InChI is InChI=1S/C12H20N2O.ClH/c15-12(10-6-7-13-10)14-8-2-4-9-3-1-5-11(9)14;/h9-11,13H,1-8H2;1H/t9?,10-,11?;/m1./s1. The second-order valence-corrected chi connectivity index (χ2v) is 5.23. The van der Waals surface area contributed by atoms with Crippen LogP contribution in [-0.2, 0) is 4.79 Å². The second kappa shape index (κ2) is 4.92. The average molecular weight is 245 g/mol. The normalized spacial score (nSPS) is 37.2. The molecule has 4 heteroatoms. The Hall–Kier alpha value is -0.280. The minimum absolute atomic E-state index is 0. The Morgan fingerprint density at radius 3 is 2.56 bits per heavy atom. The zero-order valence-corrected chi connectivity index (χ0v) is 10.5. The number of fused-ring (bicyclic) bond motifs is 1. The monoisotopic (exact) mass is 244 g/mol. The molecule has 0 aromatic rings. The minimum atomic E-state index is 0. The summed E-state index contributed by atoms with van der Waals surface area (Å²) in [5.41, 5.74) is 0. The Bertz CT molecular complexity index is 268. The average Bonchev–Trinajstić information content (AvgIpc) is 2.61. The van der Waals surface area contributed by atoms with Gasteiger partial charge in [-0.05, 0) is 44.6 Å². The quantitative estimate of drug-likeness (QED) is 0.759. The highest BCUT2D eigenvalue weighted by atomic mass is 35.5. The van der Waals surface area contributed by atoms with Gasteiger partial charge in [0.1, 0.15) is 0 Å². The molecule has 2 saturated heterocycles. The van der Waals surface area contributed by atoms with E-state index in [9.17, 15) is 4.79 Å². The maximum Gasteiger partial charge on any atom is 0.240 e. The van der Waals surface area contributed by atoms with Gasteiger partial charge in [-0.2, -0.15) is 0 Å². The largest absolute Gasteiger partial charge is 0.338 e. The molecule has 1 N–H and O–H groups in total. The summed E-state index contributed by atoms with van der Waals surface area (Å²) in [5, 5.41) is 3.23. The Morgan fingerprint density at radius 1 is 1.12 bits per heavy atom. The van der Waals surface area contributed by atoms with Crippen LogP contribution in [0.1, 0.15) is 38.5 Å². The number of nitrogens with zero attached hydrogens (tertiary/aromatic N) is 1. The van der Waals surface area contributed by atoms with Crippen molar-refractivity contribution in [2.24, 2.45) is 5.92 Å². The lowest BCUT2D eigenvalue weighted by Gasteiger charge is -2.41. The number of nitrogens with one attached hydrogen (secondary N) is 1. The van der Waals surface area contributed by atoms with Crippen molar-refractivity contribution in [2.45, 2.75) is 50.6 Å². The van der Waals surface area contributed by atoms with Crippen LogP contribution in [0.15, 0.2) is 0 Å². The van der Waals surface area contributed by atoms with Gasteiger partial charge in [-0.3, -0.25) is 4.79 Å². The third kappa shape index (κ3) is 1.95. The van der Waals surface area contributed by atoms with E-state index in [1.165, 1.54) is 32.1 Å². The summed E-state index contributed by atoms with van der Waals surface area (Å²) in [6, 6.07) is 0.748. The van der Waals surface area contributed by atoms with Crippen molar-refractivity contribution in [3.05, 3.63) is 0 Å². The van der Waals surface area contributed by atoms with E-state index in [0.29, 0.717) is 11.9 Å². The zero-order valence-electron chi connectivity index (χ0n) is 9.65. The lowest BCUT2D eigenvalue weighted by molar-refractivity contribution is -0.139. The van der Waals surface area contributed by atoms with E-state index in [1.807, 2.05) is 0 Å². The first-order valence-corrected chi connectivity index (χ1v) is 6.40. The maximum absolute atomic E-state index is 12.2. The molecule has 2 heterocycles. The number of hydrogen-bond donors (Lipinski definition) is 1. The van der Waals surface area contributed by atoms with Crippen molar-refractivity contribution >= 4 is 18.3 Å². The first kappa shape index (κ1) is 12.2. The number of likely N-dealkylation sites (tertiary alicyclic amines) is 1. The van der Waals surface area contributed by atoms with E-state index < -0.39 is 0 Å². The van der Waals surface area contributed by atoms with E-state index in [4.69, 9.17) is 0 Å². The van der Waals surface area contributed by atoms with E-state index in [2.05, 4.69) is 10.2 Å². The van der Waals surface area contributed by atoms with Gasteiger partial charge in [0.05, 0.1) is 6.04 Å². The van der Waals surface area contributed by atoms with Crippen LogP contribution in [0.2, 0.25) is 0 Å². The highest BCUT2D eigenvalue weighted by molar-refractivity contribution is 5.85. The fourth-order valence-corrected chi connectivity index (χ4v) is 3.43. The molecule has 3 fully saturated rings. The summed E-state index contributed by atoms with van der Waals surface area (Å²) in [7, 11) is 0. The molecule has 3 nitrogen and oxygen atoms in total. The number of hydrogen-bond acceptors (Lipinski definition) is 2. The molecule has 1 aliphatic carbocycles. The molecule has 92 valence electrons. The summed E-state index contributed by atoms with van der Waals surface area (Å²) in [4.78, 5) is 14.4. The predicted molar refractivity (Wildman–Crippen MR) is 65.7 cm³/mol. The van der Waals surface area contributed by atoms with Crippen molar-refractivity contribution in [3.8, 4) is 0 Å². The number of halogens is 1. The molecule has 0 spiro atoms. The van der Waals surface area contributed by atoms with Crippen LogP contribution in [0.25, 0.3) is 0 Å². The molecule has 2 aliphatic heterocycles. The molecule has 0 aromatic heterocycles. The maximum atomic E-state index is 12.2. The molecule has 1 saturated carbocycles. The van der Waals surface area contributed by atoms with E-state index in [0.717, 1.165) is 25.4 Å². The van der Waals surface area contributed by atoms with Gasteiger partial charge in [0.15, 0.2) is 0 Å². The topological polar surface area (TPSA) is 32.3 Å². The second-order valence-electron chi connectivity index (χ2n) is 5.23. The van der Waals surface area contributed by atoms with E-state index >= 15 is 0 Å². The van der Waals surface area contributed by atoms with Gasteiger partial charge in [0.2, 0.25) is 5.91 Å². The van der Waals surface area contributed by atoms with Gasteiger partial charge in [-0.1, -0.05) is 6.42 Å². The van der Waals surface area contributed by atoms with Gasteiger partial charge in [-0.25, -0.2) is 0 Å². The van der Waals surface area contributed by atoms with Crippen LogP contribution in [0.4, 0.5) is 0 Å². The molecule has 0 radical (unpaired) electrons. The molecule has 0 aromatic carbocycles. The Balaban J connectivity index is 0.000000963. The highest BCUT2D eigenvalue weighted by Gasteiger charge is 2.40. The Morgan fingerprint density at radius 2 is 1.88 bits per heavy atom. The molecule has 2 unspecified atom stereocenters. The number of piperidine rings is 1. The van der Waals surface area contributed by atoms with Crippen LogP contribution in [0.5, 0.6) is 0 Å². The summed E-state index contributed by atoms with van der Waals surface area (Å²) in [5.74, 6) is 1.21. The Kier molecular flexibility index (Phi) is 3.75. The van der Waals surface area contributed by atoms with Gasteiger partial charge < -0.3 is 10.2 Å². The summed E-state index contributed by atoms with van der Waals surface area (Å²) in [6.45, 7) is 2.04. The summed E-state index contributed by atoms with van der Waals surface area (Å²) >= 11 is 0. The molecule has 3 aliphatic rings. The van der Waals surface area contributed by atoms with Crippen LogP contribution >= 0.6 is 12.4 Å². The SMILES string of the molecule is Cl.O=C([C@H]1CCN1)N1CCCC2CCCC21. The number of carbonyl (C=O) groups is 1. The smallest absolute Gasteiger partial charge is 0.240 e. The lowest BCUT2D eigenvalue weighted by Crippen LogP contribution is -2.58. The third-order valence-corrected chi connectivity index (χ3v) is 4.40. The van der Waals surface area contributed by atoms with Crippen LogP contribution < -0.4 is 5.32 Å². The van der Waals surface area contributed by atoms with Crippen molar-refractivity contribution < 1.29 is 4.79 Å². The van der Waals surface area contributed by atoms with Crippen LogP contribution in [0.3, 0.4) is 0 Å². The van der Waals surface area contributed by atoms with Gasteiger partial charge in [0.25, 0.3) is 0 Å². The van der Waals surface area contributed by atoms with E-state index in [-0.39, 0.29) is 18.4 Å². The lowest BCUT2D eigenvalue weighted by atomic mass is 9.90. The van der Waals surface area contributed by atoms with Gasteiger partial charge >= 0.3 is 0 Å². The van der Waals surface area contributed by atoms with Crippen molar-refractivity contribution in [1.29, 1.82) is 0 Å². The molecule has 1 amide bonds. The van der Waals surface area contributed by atoms with Crippen molar-refractivity contribution in [3.63, 3.8) is 0 Å². The Labute approximate surface area is 103 Å². The minimum Gasteiger partial charge on any atom is -0.338 e. The fourth-order valence-electron chi connectivity index (χ4n) is 3.43. The number of carbonyl (C=O) groups excluding carboxylic acids is 1. The molecule has 16 heavy (non-hydrogen) atoms. The molecular weight excluding hydrogens is 224 g/mol. The summed E-state index contributed by atoms with van der Waals surface area (Å²) in [6.07, 6.45) is 7.56. The van der Waals surface area contributed by atoms with Crippen molar-refractivity contribution in [2.75, 3.05) is 13.1 Å². The first-order valence-electron chi connectivity index (χ1n) is 6.40. The van der Waals surface area contributed by atoms with Gasteiger partial charge in [0, 0.05) is 12.6 Å². The number of rotatable bonds is 1. The molecular formula is C12H21ClN2O. The highest BCUT2D eigenvalue weighted by Crippen LogP contribution is 2.37. The van der Waals surface area contributed by atoms with Crippen molar-refractivity contribution in [1.82, 2.24) is 10.2 Å². The first-order chi connectivity index (χ1) is 7.36. The predicted octanol–water partition coefficient (Wildman–Crippen LogP) is 1.56. The molecule has 3 rings (SSSR count). The molecule has 3 atom stereocenters. The number of amides is 1. The van der Waals surface area contributed by atoms with E-state index in [1.54, 1.807) is 0 Å².